The van der Waals surface area contributed by atoms with E-state index in [0.717, 1.165) is 34.0 Å². The van der Waals surface area contributed by atoms with Gasteiger partial charge in [-0.05, 0) is 25.0 Å². The number of benzene rings is 1. The Morgan fingerprint density at radius 2 is 2.00 bits per heavy atom. The quantitative estimate of drug-likeness (QED) is 0.768. The molecule has 1 aliphatic rings. The molecule has 0 unspecified atom stereocenters. The Hall–Kier alpha value is -0.900. The fraction of sp³-hybridized carbons (Fsp3) is 0.231. The van der Waals surface area contributed by atoms with E-state index in [2.05, 4.69) is 4.98 Å². The van der Waals surface area contributed by atoms with E-state index in [0.29, 0.717) is 16.5 Å². The third-order valence-electron chi connectivity index (χ3n) is 2.93. The lowest BCUT2D eigenvalue weighted by Crippen LogP contribution is -2.07. The van der Waals surface area contributed by atoms with E-state index in [9.17, 15) is 4.79 Å². The van der Waals surface area contributed by atoms with Crippen LogP contribution in [0.5, 0.6) is 0 Å². The molecule has 0 amide bonds. The van der Waals surface area contributed by atoms with Gasteiger partial charge in [0.1, 0.15) is 5.01 Å². The first-order chi connectivity index (χ1) is 8.65. The van der Waals surface area contributed by atoms with Crippen molar-refractivity contribution in [3.05, 3.63) is 38.8 Å². The second-order valence-electron chi connectivity index (χ2n) is 4.20. The number of nitrogens with zero attached hydrogens (tertiary/aromatic N) is 1. The van der Waals surface area contributed by atoms with Gasteiger partial charge in [0, 0.05) is 12.0 Å². The van der Waals surface area contributed by atoms with Gasteiger partial charge in [0.15, 0.2) is 5.78 Å². The predicted octanol–water partition coefficient (Wildman–Crippen LogP) is 4.64. The molecular formula is C13H9Cl2NOS. The minimum atomic E-state index is 0.208. The van der Waals surface area contributed by atoms with Crippen LogP contribution in [0.25, 0.3) is 10.6 Å². The van der Waals surface area contributed by atoms with Crippen molar-refractivity contribution < 1.29 is 4.79 Å². The summed E-state index contributed by atoms with van der Waals surface area (Å²) in [5.74, 6) is 0.208. The first kappa shape index (κ1) is 12.2. The maximum absolute atomic E-state index is 11.8. The van der Waals surface area contributed by atoms with E-state index in [1.54, 1.807) is 12.1 Å². The summed E-state index contributed by atoms with van der Waals surface area (Å²) in [4.78, 5) is 17.1. The van der Waals surface area contributed by atoms with Crippen molar-refractivity contribution >= 4 is 40.3 Å². The van der Waals surface area contributed by atoms with Crippen LogP contribution in [0, 0.1) is 0 Å². The summed E-state index contributed by atoms with van der Waals surface area (Å²) in [5, 5.41) is 1.88. The molecule has 92 valence electrons. The molecule has 3 rings (SSSR count). The number of ketones is 1. The number of thiazole rings is 1. The molecule has 0 saturated heterocycles. The van der Waals surface area contributed by atoms with Gasteiger partial charge in [-0.1, -0.05) is 29.3 Å². The zero-order valence-electron chi connectivity index (χ0n) is 9.37. The molecule has 0 aliphatic heterocycles. The second-order valence-corrected chi connectivity index (χ2v) is 6.01. The van der Waals surface area contributed by atoms with E-state index in [1.807, 2.05) is 6.07 Å². The number of Topliss-reactive ketones (excluding diaryl/α,β-unsaturated/α-hetero) is 1. The highest BCUT2D eigenvalue weighted by atomic mass is 35.5. The Kier molecular flexibility index (Phi) is 3.14. The Labute approximate surface area is 119 Å². The summed E-state index contributed by atoms with van der Waals surface area (Å²) in [6, 6.07) is 5.42. The number of halogens is 2. The molecule has 0 bridgehead atoms. The minimum absolute atomic E-state index is 0.208. The molecule has 1 aromatic carbocycles. The lowest BCUT2D eigenvalue weighted by molar-refractivity contribution is 0.0976. The Morgan fingerprint density at radius 1 is 1.17 bits per heavy atom. The molecule has 0 N–H and O–H groups in total. The molecule has 5 heteroatoms. The second kappa shape index (κ2) is 4.65. The highest BCUT2D eigenvalue weighted by Crippen LogP contribution is 2.35. The summed E-state index contributed by atoms with van der Waals surface area (Å²) in [5.41, 5.74) is 1.84. The number of hydrogen-bond acceptors (Lipinski definition) is 3. The Bertz CT molecular complexity index is 636. The van der Waals surface area contributed by atoms with Crippen molar-refractivity contribution in [2.24, 2.45) is 0 Å². The Morgan fingerprint density at radius 3 is 2.72 bits per heavy atom. The molecule has 2 nitrogen and oxygen atoms in total. The molecule has 1 heterocycles. The van der Waals surface area contributed by atoms with Gasteiger partial charge in [0.2, 0.25) is 0 Å². The van der Waals surface area contributed by atoms with Gasteiger partial charge >= 0.3 is 0 Å². The molecular weight excluding hydrogens is 289 g/mol. The molecule has 0 saturated carbocycles. The first-order valence-electron chi connectivity index (χ1n) is 5.63. The normalized spacial score (nSPS) is 14.7. The number of hydrogen-bond donors (Lipinski definition) is 0. The average Bonchev–Trinajstić information content (AvgIpc) is 2.78. The summed E-state index contributed by atoms with van der Waals surface area (Å²) < 4.78 is 0. The van der Waals surface area contributed by atoms with Crippen LogP contribution in [0.3, 0.4) is 0 Å². The van der Waals surface area contributed by atoms with E-state index >= 15 is 0 Å². The SMILES string of the molecule is O=C1CCCc2nc(-c3ccc(Cl)c(Cl)c3)sc21. The van der Waals surface area contributed by atoms with E-state index in [-0.39, 0.29) is 5.78 Å². The Balaban J connectivity index is 2.07. The number of aromatic nitrogens is 1. The van der Waals surface area contributed by atoms with Crippen LogP contribution in [0.2, 0.25) is 10.0 Å². The van der Waals surface area contributed by atoms with Crippen LogP contribution in [0.15, 0.2) is 18.2 Å². The summed E-state index contributed by atoms with van der Waals surface area (Å²) >= 11 is 13.3. The first-order valence-corrected chi connectivity index (χ1v) is 7.21. The molecule has 0 spiro atoms. The molecule has 0 radical (unpaired) electrons. The van der Waals surface area contributed by atoms with Crippen LogP contribution in [0.1, 0.15) is 28.2 Å². The van der Waals surface area contributed by atoms with Crippen LogP contribution in [-0.2, 0) is 6.42 Å². The fourth-order valence-corrected chi connectivity index (χ4v) is 3.40. The van der Waals surface area contributed by atoms with Gasteiger partial charge in [0.05, 0.1) is 20.6 Å². The van der Waals surface area contributed by atoms with E-state index < -0.39 is 0 Å². The summed E-state index contributed by atoms with van der Waals surface area (Å²) in [7, 11) is 0. The summed E-state index contributed by atoms with van der Waals surface area (Å²) in [6.45, 7) is 0. The minimum Gasteiger partial charge on any atom is -0.293 e. The molecule has 1 aromatic heterocycles. The van der Waals surface area contributed by atoms with Crippen molar-refractivity contribution in [3.63, 3.8) is 0 Å². The van der Waals surface area contributed by atoms with Gasteiger partial charge in [-0.3, -0.25) is 4.79 Å². The number of fused-ring (bicyclic) bond motifs is 1. The van der Waals surface area contributed by atoms with E-state index in [1.165, 1.54) is 11.3 Å². The van der Waals surface area contributed by atoms with Crippen molar-refractivity contribution in [2.45, 2.75) is 19.3 Å². The van der Waals surface area contributed by atoms with Crippen LogP contribution in [0.4, 0.5) is 0 Å². The summed E-state index contributed by atoms with van der Waals surface area (Å²) in [6.07, 6.45) is 2.42. The van der Waals surface area contributed by atoms with Crippen LogP contribution >= 0.6 is 34.5 Å². The third-order valence-corrected chi connectivity index (χ3v) is 4.86. The maximum Gasteiger partial charge on any atom is 0.174 e. The lowest BCUT2D eigenvalue weighted by atomic mass is 10.0. The topological polar surface area (TPSA) is 30.0 Å². The molecule has 0 atom stereocenters. The fourth-order valence-electron chi connectivity index (χ4n) is 2.02. The van der Waals surface area contributed by atoms with Crippen LogP contribution in [-0.4, -0.2) is 10.8 Å². The molecule has 0 fully saturated rings. The number of carbonyl (C=O) groups excluding carboxylic acids is 1. The molecule has 18 heavy (non-hydrogen) atoms. The van der Waals surface area contributed by atoms with Crippen LogP contribution < -0.4 is 0 Å². The van der Waals surface area contributed by atoms with Gasteiger partial charge in [-0.2, -0.15) is 0 Å². The zero-order valence-corrected chi connectivity index (χ0v) is 11.7. The predicted molar refractivity (Wildman–Crippen MR) is 74.8 cm³/mol. The number of aryl methyl sites for hydroxylation is 1. The van der Waals surface area contributed by atoms with Gasteiger partial charge in [0.25, 0.3) is 0 Å². The highest BCUT2D eigenvalue weighted by Gasteiger charge is 2.22. The number of rotatable bonds is 1. The van der Waals surface area contributed by atoms with Gasteiger partial charge in [-0.15, -0.1) is 11.3 Å². The van der Waals surface area contributed by atoms with Gasteiger partial charge in [-0.25, -0.2) is 4.98 Å². The van der Waals surface area contributed by atoms with Gasteiger partial charge < -0.3 is 0 Å². The lowest BCUT2D eigenvalue weighted by Gasteiger charge is -2.06. The monoisotopic (exact) mass is 297 g/mol. The average molecular weight is 298 g/mol. The molecule has 1 aliphatic carbocycles. The van der Waals surface area contributed by atoms with Crippen molar-refractivity contribution in [2.75, 3.05) is 0 Å². The van der Waals surface area contributed by atoms with Crippen molar-refractivity contribution in [3.8, 4) is 10.6 Å². The third kappa shape index (κ3) is 2.07. The zero-order chi connectivity index (χ0) is 12.7. The largest absolute Gasteiger partial charge is 0.293 e. The van der Waals surface area contributed by atoms with Crippen molar-refractivity contribution in [1.82, 2.24) is 4.98 Å². The number of carbonyl (C=O) groups is 1. The maximum atomic E-state index is 11.8. The smallest absolute Gasteiger partial charge is 0.174 e. The molecule has 2 aromatic rings. The van der Waals surface area contributed by atoms with E-state index in [4.69, 9.17) is 23.2 Å². The highest BCUT2D eigenvalue weighted by molar-refractivity contribution is 7.17. The van der Waals surface area contributed by atoms with Crippen molar-refractivity contribution in [1.29, 1.82) is 0 Å². The standard InChI is InChI=1S/C13H9Cl2NOS/c14-8-5-4-7(6-9(8)15)13-16-10-2-1-3-11(17)12(10)18-13/h4-6H,1-3H2.